The van der Waals surface area contributed by atoms with Crippen molar-refractivity contribution in [3.05, 3.63) is 81.9 Å². The Morgan fingerprint density at radius 2 is 1.72 bits per heavy atom. The van der Waals surface area contributed by atoms with E-state index in [4.69, 9.17) is 4.74 Å². The number of imide groups is 1. The molecule has 0 fully saturated rings. The van der Waals surface area contributed by atoms with Crippen LogP contribution in [0.3, 0.4) is 0 Å². The van der Waals surface area contributed by atoms with Crippen LogP contribution in [0, 0.1) is 10.1 Å². The van der Waals surface area contributed by atoms with Crippen LogP contribution < -0.4 is 10.2 Å². The molecule has 0 radical (unpaired) electrons. The Labute approximate surface area is 206 Å². The highest BCUT2D eigenvalue weighted by Gasteiger charge is 2.29. The highest BCUT2D eigenvalue weighted by molar-refractivity contribution is 6.07. The minimum absolute atomic E-state index is 0.167. The van der Waals surface area contributed by atoms with Crippen LogP contribution >= 0.6 is 0 Å². The maximum atomic E-state index is 13.1. The van der Waals surface area contributed by atoms with Crippen molar-refractivity contribution in [2.75, 3.05) is 18.1 Å². The molecule has 0 spiro atoms. The van der Waals surface area contributed by atoms with E-state index in [0.29, 0.717) is 11.4 Å². The standard InChI is InChI=1S/C24H25N3O9/c1-16-15-18-9-3-5-11-20(18)26(21-12-6-4-10-19(16)21)22(28)25-23(29)33-13-7-8-14-34-24(30)35-17(2)36-27(31)32/h3-12,16-17H,13-15H2,1-2H3,(H,25,28,29)/b8-7-. The highest BCUT2D eigenvalue weighted by Crippen LogP contribution is 2.40. The molecule has 0 aliphatic carbocycles. The first-order chi connectivity index (χ1) is 17.3. The predicted octanol–water partition coefficient (Wildman–Crippen LogP) is 4.59. The third-order valence-corrected chi connectivity index (χ3v) is 5.15. The van der Waals surface area contributed by atoms with Gasteiger partial charge >= 0.3 is 18.3 Å². The number of hydrogen-bond donors (Lipinski definition) is 1. The minimum atomic E-state index is -1.42. The molecule has 190 valence electrons. The van der Waals surface area contributed by atoms with Gasteiger partial charge in [0, 0.05) is 0 Å². The van der Waals surface area contributed by atoms with Gasteiger partial charge in [-0.15, -0.1) is 10.1 Å². The lowest BCUT2D eigenvalue weighted by atomic mass is 9.94. The van der Waals surface area contributed by atoms with Crippen LogP contribution in [-0.2, 0) is 25.5 Å². The molecule has 1 aliphatic rings. The Kier molecular flexibility index (Phi) is 8.81. The Hall–Kier alpha value is -4.61. The second-order valence-electron chi connectivity index (χ2n) is 7.70. The lowest BCUT2D eigenvalue weighted by molar-refractivity contribution is -0.777. The number of carbonyl (C=O) groups is 3. The number of hydrogen-bond acceptors (Lipinski definition) is 9. The van der Waals surface area contributed by atoms with Crippen molar-refractivity contribution in [3.8, 4) is 0 Å². The molecule has 12 heteroatoms. The number of anilines is 2. The van der Waals surface area contributed by atoms with Crippen molar-refractivity contribution >= 4 is 29.7 Å². The Morgan fingerprint density at radius 1 is 1.08 bits per heavy atom. The van der Waals surface area contributed by atoms with Crippen molar-refractivity contribution in [2.24, 2.45) is 0 Å². The Morgan fingerprint density at radius 3 is 2.44 bits per heavy atom. The number of nitrogens with one attached hydrogen (secondary N) is 1. The van der Waals surface area contributed by atoms with E-state index >= 15 is 0 Å². The van der Waals surface area contributed by atoms with Gasteiger partial charge in [-0.05, 0) is 54.7 Å². The minimum Gasteiger partial charge on any atom is -0.445 e. The summed E-state index contributed by atoms with van der Waals surface area (Å²) in [5.74, 6) is 0.167. The van der Waals surface area contributed by atoms with Gasteiger partial charge in [0.05, 0.1) is 11.4 Å². The zero-order valence-corrected chi connectivity index (χ0v) is 19.6. The largest absolute Gasteiger partial charge is 0.510 e. The average molecular weight is 499 g/mol. The fourth-order valence-electron chi connectivity index (χ4n) is 3.67. The van der Waals surface area contributed by atoms with E-state index in [1.165, 1.54) is 17.1 Å². The summed E-state index contributed by atoms with van der Waals surface area (Å²) in [6.07, 6.45) is -0.0744. The maximum Gasteiger partial charge on any atom is 0.510 e. The van der Waals surface area contributed by atoms with Gasteiger partial charge in [-0.2, -0.15) is 0 Å². The number of nitrogens with zero attached hydrogens (tertiary/aromatic N) is 2. The molecule has 1 heterocycles. The number of para-hydroxylation sites is 2. The van der Waals surface area contributed by atoms with E-state index < -0.39 is 29.7 Å². The molecule has 2 aromatic carbocycles. The number of benzene rings is 2. The smallest absolute Gasteiger partial charge is 0.445 e. The van der Waals surface area contributed by atoms with Gasteiger partial charge in [0.15, 0.2) is 0 Å². The van der Waals surface area contributed by atoms with Gasteiger partial charge in [0.2, 0.25) is 6.29 Å². The number of alkyl carbamates (subject to hydrolysis) is 1. The summed E-state index contributed by atoms with van der Waals surface area (Å²) in [6.45, 7) is 2.79. The molecular formula is C24H25N3O9. The fraction of sp³-hybridized carbons (Fsp3) is 0.292. The molecule has 3 rings (SSSR count). The molecule has 3 amide bonds. The molecule has 2 unspecified atom stereocenters. The van der Waals surface area contributed by atoms with Crippen molar-refractivity contribution in [1.29, 1.82) is 0 Å². The van der Waals surface area contributed by atoms with Gasteiger partial charge in [-0.3, -0.25) is 9.74 Å². The van der Waals surface area contributed by atoms with Crippen LogP contribution in [0.2, 0.25) is 0 Å². The molecule has 0 saturated carbocycles. The first-order valence-corrected chi connectivity index (χ1v) is 11.0. The van der Waals surface area contributed by atoms with Crippen LogP contribution in [0.4, 0.5) is 25.8 Å². The molecule has 0 saturated heterocycles. The molecule has 0 bridgehead atoms. The van der Waals surface area contributed by atoms with Crippen molar-refractivity contribution < 1.29 is 38.5 Å². The van der Waals surface area contributed by atoms with Crippen molar-refractivity contribution in [3.63, 3.8) is 0 Å². The average Bonchev–Trinajstić information content (AvgIpc) is 2.94. The summed E-state index contributed by atoms with van der Waals surface area (Å²) in [5, 5.41) is 11.3. The molecule has 0 aromatic heterocycles. The van der Waals surface area contributed by atoms with Crippen LogP contribution in [-0.4, -0.2) is 42.9 Å². The first-order valence-electron chi connectivity index (χ1n) is 11.0. The number of rotatable bonds is 7. The zero-order chi connectivity index (χ0) is 26.1. The van der Waals surface area contributed by atoms with Crippen LogP contribution in [0.1, 0.15) is 30.9 Å². The number of carbonyl (C=O) groups excluding carboxylic acids is 3. The first kappa shape index (κ1) is 26.0. The van der Waals surface area contributed by atoms with Gasteiger partial charge in [0.1, 0.15) is 13.2 Å². The van der Waals surface area contributed by atoms with E-state index in [0.717, 1.165) is 24.5 Å². The van der Waals surface area contributed by atoms with Crippen LogP contribution in [0.25, 0.3) is 0 Å². The number of ether oxygens (including phenoxy) is 3. The van der Waals surface area contributed by atoms with Gasteiger partial charge < -0.3 is 14.2 Å². The lowest BCUT2D eigenvalue weighted by Crippen LogP contribution is -2.41. The molecule has 2 aromatic rings. The maximum absolute atomic E-state index is 13.1. The zero-order valence-electron chi connectivity index (χ0n) is 19.6. The summed E-state index contributed by atoms with van der Waals surface area (Å²) in [6, 6.07) is 14.4. The van der Waals surface area contributed by atoms with E-state index in [1.54, 1.807) is 0 Å². The second-order valence-corrected chi connectivity index (χ2v) is 7.70. The SMILES string of the molecule is CC(OC(=O)OC/C=C\COC(=O)NC(=O)N1c2ccccc2CC(C)c2ccccc21)O[N+](=O)[O-]. The number of fused-ring (bicyclic) bond motifs is 2. The monoisotopic (exact) mass is 499 g/mol. The normalized spacial score (nSPS) is 15.1. The van der Waals surface area contributed by atoms with Crippen LogP contribution in [0.15, 0.2) is 60.7 Å². The molecule has 1 aliphatic heterocycles. The second kappa shape index (κ2) is 12.2. The molecular weight excluding hydrogens is 474 g/mol. The predicted molar refractivity (Wildman–Crippen MR) is 126 cm³/mol. The number of amides is 3. The third kappa shape index (κ3) is 6.95. The fourth-order valence-corrected chi connectivity index (χ4v) is 3.67. The molecule has 36 heavy (non-hydrogen) atoms. The number of urea groups is 1. The van der Waals surface area contributed by atoms with Gasteiger partial charge in [-0.1, -0.05) is 43.3 Å². The Bertz CT molecular complexity index is 1150. The summed E-state index contributed by atoms with van der Waals surface area (Å²) >= 11 is 0. The summed E-state index contributed by atoms with van der Waals surface area (Å²) in [4.78, 5) is 52.3. The molecule has 1 N–H and O–H groups in total. The topological polar surface area (TPSA) is 147 Å². The van der Waals surface area contributed by atoms with Crippen molar-refractivity contribution in [2.45, 2.75) is 32.5 Å². The summed E-state index contributed by atoms with van der Waals surface area (Å²) in [5.41, 5.74) is 3.33. The summed E-state index contributed by atoms with van der Waals surface area (Å²) in [7, 11) is 0. The lowest BCUT2D eigenvalue weighted by Gasteiger charge is -2.24. The van der Waals surface area contributed by atoms with E-state index in [1.807, 2.05) is 48.5 Å². The third-order valence-electron chi connectivity index (χ3n) is 5.15. The van der Waals surface area contributed by atoms with Crippen LogP contribution in [0.5, 0.6) is 0 Å². The summed E-state index contributed by atoms with van der Waals surface area (Å²) < 4.78 is 14.1. The van der Waals surface area contributed by atoms with E-state index in [9.17, 15) is 24.5 Å². The molecule has 12 nitrogen and oxygen atoms in total. The van der Waals surface area contributed by atoms with Gasteiger partial charge in [0.25, 0.3) is 5.09 Å². The van der Waals surface area contributed by atoms with E-state index in [-0.39, 0.29) is 19.1 Å². The van der Waals surface area contributed by atoms with E-state index in [2.05, 4.69) is 26.6 Å². The molecule has 2 atom stereocenters. The van der Waals surface area contributed by atoms with Gasteiger partial charge in [-0.25, -0.2) is 19.7 Å². The highest BCUT2D eigenvalue weighted by atomic mass is 17.0. The quantitative estimate of drug-likeness (QED) is 0.190. The Balaban J connectivity index is 1.53. The van der Waals surface area contributed by atoms with Crippen molar-refractivity contribution in [1.82, 2.24) is 5.32 Å².